The normalized spacial score (nSPS) is 16.0. The van der Waals surface area contributed by atoms with Crippen molar-refractivity contribution in [2.45, 2.75) is 18.9 Å². The van der Waals surface area contributed by atoms with Crippen molar-refractivity contribution in [1.82, 2.24) is 9.80 Å². The Balaban J connectivity index is 1.96. The molecule has 1 saturated heterocycles. The predicted molar refractivity (Wildman–Crippen MR) is 96.1 cm³/mol. The minimum Gasteiger partial charge on any atom is -0.490 e. The van der Waals surface area contributed by atoms with E-state index in [1.807, 2.05) is 6.07 Å². The lowest BCUT2D eigenvalue weighted by molar-refractivity contribution is -0.385. The molecule has 1 heterocycles. The molecule has 1 aliphatic rings. The van der Waals surface area contributed by atoms with Gasteiger partial charge in [0.15, 0.2) is 5.75 Å². The number of anilines is 1. The lowest BCUT2D eigenvalue weighted by Gasteiger charge is -2.38. The second kappa shape index (κ2) is 8.30. The van der Waals surface area contributed by atoms with E-state index < -0.39 is 4.92 Å². The molecule has 2 rings (SSSR count). The van der Waals surface area contributed by atoms with E-state index in [1.165, 1.54) is 13.2 Å². The average molecular weight is 336 g/mol. The number of nitrogens with zero attached hydrogens (tertiary/aromatic N) is 4. The fourth-order valence-electron chi connectivity index (χ4n) is 3.12. The van der Waals surface area contributed by atoms with E-state index in [2.05, 4.69) is 35.8 Å². The quantitative estimate of drug-likeness (QED) is 0.561. The van der Waals surface area contributed by atoms with Crippen molar-refractivity contribution in [2.75, 3.05) is 59.3 Å². The third kappa shape index (κ3) is 4.58. The minimum absolute atomic E-state index is 0.0135. The van der Waals surface area contributed by atoms with Gasteiger partial charge in [0.05, 0.1) is 12.0 Å². The first-order valence-electron chi connectivity index (χ1n) is 8.34. The van der Waals surface area contributed by atoms with E-state index in [4.69, 9.17) is 4.74 Å². The van der Waals surface area contributed by atoms with Gasteiger partial charge in [-0.2, -0.15) is 0 Å². The fraction of sp³-hybridized carbons (Fsp3) is 0.647. The van der Waals surface area contributed by atoms with Crippen LogP contribution in [0.4, 0.5) is 11.4 Å². The zero-order valence-corrected chi connectivity index (χ0v) is 15.1. The Hall–Kier alpha value is -1.86. The lowest BCUT2D eigenvalue weighted by atomic mass is 10.0. The number of benzene rings is 1. The number of hydrogen-bond acceptors (Lipinski definition) is 6. The summed E-state index contributed by atoms with van der Waals surface area (Å²) in [4.78, 5) is 17.5. The molecule has 0 amide bonds. The van der Waals surface area contributed by atoms with E-state index >= 15 is 0 Å². The zero-order valence-electron chi connectivity index (χ0n) is 15.1. The molecule has 0 aliphatic carbocycles. The van der Waals surface area contributed by atoms with Gasteiger partial charge in [-0.3, -0.25) is 10.1 Å². The number of methoxy groups -OCH3 is 1. The smallest absolute Gasteiger partial charge is 0.311 e. The first-order valence-corrected chi connectivity index (χ1v) is 8.34. The Morgan fingerprint density at radius 1 is 1.25 bits per heavy atom. The number of piperidine rings is 1. The number of nitro groups is 1. The van der Waals surface area contributed by atoms with Crippen LogP contribution in [-0.4, -0.2) is 75.2 Å². The van der Waals surface area contributed by atoms with Gasteiger partial charge >= 0.3 is 5.69 Å². The number of nitro benzene ring substituents is 1. The molecule has 7 heteroatoms. The molecule has 0 bridgehead atoms. The maximum absolute atomic E-state index is 11.0. The second-order valence-corrected chi connectivity index (χ2v) is 6.62. The van der Waals surface area contributed by atoms with Gasteiger partial charge in [-0.15, -0.1) is 0 Å². The standard InChI is InChI=1S/C17H28N4O3/c1-18(2)11-12-19(3)14-7-9-20(10-8-14)15-5-6-16(21(22)23)17(13-15)24-4/h5-6,13-14H,7-12H2,1-4H3. The summed E-state index contributed by atoms with van der Waals surface area (Å²) in [6.07, 6.45) is 2.20. The monoisotopic (exact) mass is 336 g/mol. The van der Waals surface area contributed by atoms with Crippen molar-refractivity contribution in [2.24, 2.45) is 0 Å². The van der Waals surface area contributed by atoms with Crippen LogP contribution in [0.2, 0.25) is 0 Å². The highest BCUT2D eigenvalue weighted by Crippen LogP contribution is 2.32. The summed E-state index contributed by atoms with van der Waals surface area (Å²) in [6, 6.07) is 5.72. The minimum atomic E-state index is -0.408. The van der Waals surface area contributed by atoms with Crippen LogP contribution in [0.15, 0.2) is 18.2 Å². The van der Waals surface area contributed by atoms with Gasteiger partial charge in [0.2, 0.25) is 0 Å². The molecule has 0 unspecified atom stereocenters. The molecule has 1 fully saturated rings. The van der Waals surface area contributed by atoms with Crippen molar-refractivity contribution in [1.29, 1.82) is 0 Å². The van der Waals surface area contributed by atoms with Crippen LogP contribution in [0.25, 0.3) is 0 Å². The molecule has 1 aromatic carbocycles. The predicted octanol–water partition coefficient (Wildman–Crippen LogP) is 2.07. The van der Waals surface area contributed by atoms with Gasteiger partial charge in [0, 0.05) is 50.0 Å². The number of rotatable bonds is 7. The van der Waals surface area contributed by atoms with Gasteiger partial charge in [-0.25, -0.2) is 0 Å². The Bertz CT molecular complexity index is 557. The summed E-state index contributed by atoms with van der Waals surface area (Å²) in [5, 5.41) is 11.0. The molecular formula is C17H28N4O3. The van der Waals surface area contributed by atoms with Crippen LogP contribution in [0, 0.1) is 10.1 Å². The Morgan fingerprint density at radius 3 is 2.46 bits per heavy atom. The maximum Gasteiger partial charge on any atom is 0.311 e. The van der Waals surface area contributed by atoms with Gasteiger partial charge in [0.25, 0.3) is 0 Å². The number of ether oxygens (including phenoxy) is 1. The molecule has 0 spiro atoms. The van der Waals surface area contributed by atoms with Crippen molar-refractivity contribution in [3.05, 3.63) is 28.3 Å². The topological polar surface area (TPSA) is 62.1 Å². The van der Waals surface area contributed by atoms with Crippen LogP contribution in [0.3, 0.4) is 0 Å². The SMILES string of the molecule is COc1cc(N2CCC(N(C)CCN(C)C)CC2)ccc1[N+](=O)[O-]. The van der Waals surface area contributed by atoms with Gasteiger partial charge in [-0.1, -0.05) is 0 Å². The highest BCUT2D eigenvalue weighted by molar-refractivity contribution is 5.59. The van der Waals surface area contributed by atoms with Crippen LogP contribution in [0.1, 0.15) is 12.8 Å². The van der Waals surface area contributed by atoms with Crippen LogP contribution in [-0.2, 0) is 0 Å². The maximum atomic E-state index is 11.0. The first-order chi connectivity index (χ1) is 11.4. The summed E-state index contributed by atoms with van der Waals surface area (Å²) in [5.74, 6) is 0.322. The molecule has 0 N–H and O–H groups in total. The highest BCUT2D eigenvalue weighted by Gasteiger charge is 2.24. The average Bonchev–Trinajstić information content (AvgIpc) is 2.59. The lowest BCUT2D eigenvalue weighted by Crippen LogP contribution is -2.45. The molecular weight excluding hydrogens is 308 g/mol. The van der Waals surface area contributed by atoms with E-state index in [9.17, 15) is 10.1 Å². The van der Waals surface area contributed by atoms with Crippen molar-refractivity contribution >= 4 is 11.4 Å². The van der Waals surface area contributed by atoms with Crippen LogP contribution < -0.4 is 9.64 Å². The van der Waals surface area contributed by atoms with Crippen molar-refractivity contribution < 1.29 is 9.66 Å². The zero-order chi connectivity index (χ0) is 17.7. The summed E-state index contributed by atoms with van der Waals surface area (Å²) in [7, 11) is 7.85. The highest BCUT2D eigenvalue weighted by atomic mass is 16.6. The molecule has 0 saturated carbocycles. The largest absolute Gasteiger partial charge is 0.490 e. The van der Waals surface area contributed by atoms with Crippen LogP contribution >= 0.6 is 0 Å². The Labute approximate surface area is 143 Å². The Morgan fingerprint density at radius 2 is 1.92 bits per heavy atom. The fourth-order valence-corrected chi connectivity index (χ4v) is 3.12. The van der Waals surface area contributed by atoms with Crippen molar-refractivity contribution in [3.63, 3.8) is 0 Å². The molecule has 1 aliphatic heterocycles. The molecule has 7 nitrogen and oxygen atoms in total. The Kier molecular flexibility index (Phi) is 6.39. The molecule has 0 aromatic heterocycles. The van der Waals surface area contributed by atoms with E-state index in [1.54, 1.807) is 6.07 Å². The molecule has 134 valence electrons. The summed E-state index contributed by atoms with van der Waals surface area (Å²) < 4.78 is 5.17. The first kappa shape index (κ1) is 18.5. The summed E-state index contributed by atoms with van der Waals surface area (Å²) in [6.45, 7) is 4.05. The number of likely N-dealkylation sites (N-methyl/N-ethyl adjacent to an activating group) is 2. The van der Waals surface area contributed by atoms with Gasteiger partial charge in [0.1, 0.15) is 0 Å². The molecule has 24 heavy (non-hydrogen) atoms. The van der Waals surface area contributed by atoms with Gasteiger partial charge < -0.3 is 19.4 Å². The number of hydrogen-bond donors (Lipinski definition) is 0. The summed E-state index contributed by atoms with van der Waals surface area (Å²) in [5.41, 5.74) is 1.01. The summed E-state index contributed by atoms with van der Waals surface area (Å²) >= 11 is 0. The van der Waals surface area contributed by atoms with E-state index in [0.717, 1.165) is 44.7 Å². The third-order valence-corrected chi connectivity index (χ3v) is 4.71. The van der Waals surface area contributed by atoms with Gasteiger partial charge in [-0.05, 0) is 40.1 Å². The molecule has 0 radical (unpaired) electrons. The van der Waals surface area contributed by atoms with E-state index in [0.29, 0.717) is 11.8 Å². The van der Waals surface area contributed by atoms with Crippen LogP contribution in [0.5, 0.6) is 5.75 Å². The second-order valence-electron chi connectivity index (χ2n) is 6.62. The molecule has 0 atom stereocenters. The van der Waals surface area contributed by atoms with E-state index in [-0.39, 0.29) is 5.69 Å². The van der Waals surface area contributed by atoms with Crippen molar-refractivity contribution in [3.8, 4) is 5.75 Å². The molecule has 1 aromatic rings. The third-order valence-electron chi connectivity index (χ3n) is 4.71.